The van der Waals surface area contributed by atoms with E-state index in [4.69, 9.17) is 21.4 Å². The molecule has 96 valence electrons. The molecule has 0 aliphatic heterocycles. The summed E-state index contributed by atoms with van der Waals surface area (Å²) in [6, 6.07) is -0.477. The molecule has 0 aliphatic rings. The minimum Gasteiger partial charge on any atom is -0.475 e. The van der Waals surface area contributed by atoms with Crippen LogP contribution < -0.4 is 11.5 Å². The lowest BCUT2D eigenvalue weighted by atomic mass is 10.00. The number of hydrogen-bond donors (Lipinski definition) is 3. The first-order chi connectivity index (χ1) is 7.03. The van der Waals surface area contributed by atoms with Crippen LogP contribution in [0.3, 0.4) is 0 Å². The Morgan fingerprint density at radius 2 is 1.69 bits per heavy atom. The molecule has 0 unspecified atom stereocenters. The molecule has 0 fully saturated rings. The number of carboxylic acid groups (broad SMARTS) is 1. The van der Waals surface area contributed by atoms with Crippen molar-refractivity contribution in [1.82, 2.24) is 0 Å². The quantitative estimate of drug-likeness (QED) is 0.671. The second kappa shape index (κ2) is 7.04. The first kappa shape index (κ1) is 17.1. The molecule has 16 heavy (non-hydrogen) atoms. The van der Waals surface area contributed by atoms with Gasteiger partial charge in [-0.25, -0.2) is 4.79 Å². The lowest BCUT2D eigenvalue weighted by molar-refractivity contribution is -0.192. The predicted molar refractivity (Wildman–Crippen MR) is 50.3 cm³/mol. The predicted octanol–water partition coefficient (Wildman–Crippen LogP) is 0.478. The van der Waals surface area contributed by atoms with Crippen LogP contribution in [0.25, 0.3) is 0 Å². The Hall–Kier alpha value is -1.31. The zero-order valence-corrected chi connectivity index (χ0v) is 8.91. The van der Waals surface area contributed by atoms with E-state index in [1.807, 2.05) is 13.8 Å². The molecule has 5 nitrogen and oxygen atoms in total. The molecule has 0 aromatic carbocycles. The van der Waals surface area contributed by atoms with Gasteiger partial charge in [0, 0.05) is 0 Å². The monoisotopic (exact) mass is 244 g/mol. The Bertz CT molecular complexity index is 243. The molecule has 0 spiro atoms. The molecule has 0 aromatic heterocycles. The van der Waals surface area contributed by atoms with Gasteiger partial charge < -0.3 is 16.6 Å². The summed E-state index contributed by atoms with van der Waals surface area (Å²) in [6.45, 7) is 3.89. The number of primary amides is 1. The molecule has 0 aromatic rings. The first-order valence-corrected chi connectivity index (χ1v) is 4.39. The number of halogens is 3. The fourth-order valence-corrected chi connectivity index (χ4v) is 0.534. The van der Waals surface area contributed by atoms with Gasteiger partial charge in [0.25, 0.3) is 0 Å². The van der Waals surface area contributed by atoms with E-state index in [1.54, 1.807) is 0 Å². The number of hydrogen-bond acceptors (Lipinski definition) is 3. The molecule has 8 heteroatoms. The second-order valence-corrected chi connectivity index (χ2v) is 3.12. The fourth-order valence-electron chi connectivity index (χ4n) is 0.534. The number of amides is 1. The number of carbonyl (C=O) groups excluding carboxylic acids is 1. The standard InChI is InChI=1S/C6H14N2O.C2HF3O2/c1-3-4(2)5(7)6(8)9;3-2(4,5)1(6)7/h4-5H,3,7H2,1-2H3,(H2,8,9);(H,6,7)/t4-,5-;/m0./s1. The van der Waals surface area contributed by atoms with Crippen molar-refractivity contribution in [2.45, 2.75) is 32.5 Å². The van der Waals surface area contributed by atoms with E-state index in [1.165, 1.54) is 0 Å². The minimum absolute atomic E-state index is 0.197. The maximum absolute atomic E-state index is 10.6. The van der Waals surface area contributed by atoms with Crippen LogP contribution in [0.4, 0.5) is 13.2 Å². The summed E-state index contributed by atoms with van der Waals surface area (Å²) in [6.07, 6.45) is -4.19. The van der Waals surface area contributed by atoms with Gasteiger partial charge in [-0.1, -0.05) is 20.3 Å². The van der Waals surface area contributed by atoms with Crippen LogP contribution in [-0.4, -0.2) is 29.2 Å². The third-order valence-corrected chi connectivity index (χ3v) is 1.83. The van der Waals surface area contributed by atoms with Crippen molar-refractivity contribution in [1.29, 1.82) is 0 Å². The van der Waals surface area contributed by atoms with Gasteiger partial charge in [0.15, 0.2) is 0 Å². The van der Waals surface area contributed by atoms with Gasteiger partial charge in [-0.2, -0.15) is 13.2 Å². The highest BCUT2D eigenvalue weighted by Crippen LogP contribution is 2.13. The van der Waals surface area contributed by atoms with Crippen molar-refractivity contribution in [2.24, 2.45) is 17.4 Å². The Balaban J connectivity index is 0. The van der Waals surface area contributed by atoms with Crippen LogP contribution in [-0.2, 0) is 9.59 Å². The molecule has 0 saturated heterocycles. The summed E-state index contributed by atoms with van der Waals surface area (Å²) in [5.41, 5.74) is 10.3. The van der Waals surface area contributed by atoms with Gasteiger partial charge in [0.1, 0.15) is 0 Å². The molecule has 1 amide bonds. The molecule has 0 rings (SSSR count). The van der Waals surface area contributed by atoms with E-state index in [-0.39, 0.29) is 5.92 Å². The number of aliphatic carboxylic acids is 1. The summed E-state index contributed by atoms with van der Waals surface area (Å²) in [7, 11) is 0. The van der Waals surface area contributed by atoms with Gasteiger partial charge in [0.05, 0.1) is 6.04 Å². The average molecular weight is 244 g/mol. The summed E-state index contributed by atoms with van der Waals surface area (Å²) < 4.78 is 31.7. The molecule has 2 atom stereocenters. The van der Waals surface area contributed by atoms with Crippen molar-refractivity contribution >= 4 is 11.9 Å². The first-order valence-electron chi connectivity index (χ1n) is 4.39. The maximum Gasteiger partial charge on any atom is 0.490 e. The van der Waals surface area contributed by atoms with E-state index in [9.17, 15) is 18.0 Å². The highest BCUT2D eigenvalue weighted by atomic mass is 19.4. The molecular formula is C8H15F3N2O3. The van der Waals surface area contributed by atoms with Crippen LogP contribution in [0.2, 0.25) is 0 Å². The number of carbonyl (C=O) groups is 2. The van der Waals surface area contributed by atoms with Crippen molar-refractivity contribution in [3.63, 3.8) is 0 Å². The van der Waals surface area contributed by atoms with E-state index in [2.05, 4.69) is 0 Å². The summed E-state index contributed by atoms with van der Waals surface area (Å²) in [5.74, 6) is -2.97. The van der Waals surface area contributed by atoms with Crippen LogP contribution in [0.5, 0.6) is 0 Å². The molecule has 5 N–H and O–H groups in total. The third kappa shape index (κ3) is 8.04. The smallest absolute Gasteiger partial charge is 0.475 e. The van der Waals surface area contributed by atoms with Crippen molar-refractivity contribution in [3.05, 3.63) is 0 Å². The van der Waals surface area contributed by atoms with Crippen molar-refractivity contribution in [2.75, 3.05) is 0 Å². The van der Waals surface area contributed by atoms with E-state index >= 15 is 0 Å². The molecule has 0 aliphatic carbocycles. The molecular weight excluding hydrogens is 229 g/mol. The summed E-state index contributed by atoms with van der Waals surface area (Å²) in [5, 5.41) is 7.12. The Morgan fingerprint density at radius 1 is 1.38 bits per heavy atom. The number of nitrogens with two attached hydrogens (primary N) is 2. The zero-order valence-electron chi connectivity index (χ0n) is 8.91. The van der Waals surface area contributed by atoms with E-state index in [0.717, 1.165) is 6.42 Å². The van der Waals surface area contributed by atoms with Crippen LogP contribution in [0.15, 0.2) is 0 Å². The van der Waals surface area contributed by atoms with Gasteiger partial charge in [0.2, 0.25) is 5.91 Å². The number of rotatable bonds is 3. The highest BCUT2D eigenvalue weighted by molar-refractivity contribution is 5.79. The van der Waals surface area contributed by atoms with Crippen LogP contribution >= 0.6 is 0 Å². The van der Waals surface area contributed by atoms with E-state index in [0.29, 0.717) is 0 Å². The second-order valence-electron chi connectivity index (χ2n) is 3.12. The normalized spacial score (nSPS) is 14.4. The van der Waals surface area contributed by atoms with Crippen molar-refractivity contribution < 1.29 is 27.9 Å². The van der Waals surface area contributed by atoms with E-state index < -0.39 is 24.1 Å². The van der Waals surface area contributed by atoms with Gasteiger partial charge >= 0.3 is 12.1 Å². The SMILES string of the molecule is CC[C@H](C)[C@H](N)C(N)=O.O=C(O)C(F)(F)F. The Kier molecular flexibility index (Phi) is 7.53. The highest BCUT2D eigenvalue weighted by Gasteiger charge is 2.38. The third-order valence-electron chi connectivity index (χ3n) is 1.83. The number of alkyl halides is 3. The Morgan fingerprint density at radius 3 is 1.75 bits per heavy atom. The Labute approximate surface area is 90.6 Å². The summed E-state index contributed by atoms with van der Waals surface area (Å²) >= 11 is 0. The van der Waals surface area contributed by atoms with Gasteiger partial charge in [-0.05, 0) is 5.92 Å². The van der Waals surface area contributed by atoms with Gasteiger partial charge in [-0.3, -0.25) is 4.79 Å². The fraction of sp³-hybridized carbons (Fsp3) is 0.750. The minimum atomic E-state index is -5.08. The lowest BCUT2D eigenvalue weighted by Crippen LogP contribution is -2.41. The van der Waals surface area contributed by atoms with Gasteiger partial charge in [-0.15, -0.1) is 0 Å². The van der Waals surface area contributed by atoms with Crippen molar-refractivity contribution in [3.8, 4) is 0 Å². The largest absolute Gasteiger partial charge is 0.490 e. The molecule has 0 radical (unpaired) electrons. The molecule has 0 heterocycles. The number of carboxylic acids is 1. The lowest BCUT2D eigenvalue weighted by Gasteiger charge is -2.13. The topological polar surface area (TPSA) is 106 Å². The zero-order chi connectivity index (χ0) is 13.5. The average Bonchev–Trinajstić information content (AvgIpc) is 2.14. The van der Waals surface area contributed by atoms with Crippen LogP contribution in [0.1, 0.15) is 20.3 Å². The summed E-state index contributed by atoms with van der Waals surface area (Å²) in [4.78, 5) is 19.3. The van der Waals surface area contributed by atoms with Crippen LogP contribution in [0, 0.1) is 5.92 Å². The molecule has 0 bridgehead atoms. The molecule has 0 saturated carbocycles. The maximum atomic E-state index is 10.6.